The molecule has 0 heterocycles. The van der Waals surface area contributed by atoms with Gasteiger partial charge in [0, 0.05) is 6.04 Å². The van der Waals surface area contributed by atoms with Gasteiger partial charge in [-0.1, -0.05) is 42.5 Å². The average Bonchev–Trinajstić information content (AvgIpc) is 2.89. The first kappa shape index (κ1) is 13.4. The number of aryl methyl sites for hydroxylation is 3. The van der Waals surface area contributed by atoms with Gasteiger partial charge in [-0.3, -0.25) is 0 Å². The quantitative estimate of drug-likeness (QED) is 0.898. The molecule has 0 spiro atoms. The van der Waals surface area contributed by atoms with Crippen molar-refractivity contribution in [1.29, 1.82) is 0 Å². The largest absolute Gasteiger partial charge is 0.327 e. The Labute approximate surface area is 121 Å². The second-order valence-corrected chi connectivity index (χ2v) is 6.05. The van der Waals surface area contributed by atoms with E-state index in [0.717, 1.165) is 12.8 Å². The molecule has 1 nitrogen and oxygen atoms in total. The van der Waals surface area contributed by atoms with Crippen molar-refractivity contribution in [1.82, 2.24) is 0 Å². The Hall–Kier alpha value is -1.60. The third kappa shape index (κ3) is 2.94. The summed E-state index contributed by atoms with van der Waals surface area (Å²) in [5, 5.41) is 0. The molecular weight excluding hydrogens is 242 g/mol. The minimum Gasteiger partial charge on any atom is -0.327 e. The lowest BCUT2D eigenvalue weighted by Crippen LogP contribution is -2.25. The van der Waals surface area contributed by atoms with E-state index in [-0.39, 0.29) is 6.04 Å². The van der Waals surface area contributed by atoms with Crippen molar-refractivity contribution in [3.05, 3.63) is 70.3 Å². The summed E-state index contributed by atoms with van der Waals surface area (Å²) in [6.07, 6.45) is 5.75. The molecule has 0 aliphatic heterocycles. The number of fused-ring (bicyclic) bond motifs is 1. The van der Waals surface area contributed by atoms with Crippen molar-refractivity contribution in [3.8, 4) is 0 Å². The minimum atomic E-state index is 0.204. The van der Waals surface area contributed by atoms with Crippen molar-refractivity contribution < 1.29 is 0 Å². The summed E-state index contributed by atoms with van der Waals surface area (Å²) >= 11 is 0. The molecule has 2 aromatic carbocycles. The zero-order valence-electron chi connectivity index (χ0n) is 12.2. The van der Waals surface area contributed by atoms with Gasteiger partial charge in [-0.05, 0) is 66.8 Å². The second kappa shape index (κ2) is 5.80. The summed E-state index contributed by atoms with van der Waals surface area (Å²) in [5.41, 5.74) is 13.6. The van der Waals surface area contributed by atoms with Crippen molar-refractivity contribution in [2.75, 3.05) is 0 Å². The molecule has 0 radical (unpaired) electrons. The van der Waals surface area contributed by atoms with Crippen LogP contribution in [0.4, 0.5) is 0 Å². The fourth-order valence-electron chi connectivity index (χ4n) is 3.25. The summed E-state index contributed by atoms with van der Waals surface area (Å²) in [6, 6.07) is 15.7. The molecule has 2 aromatic rings. The van der Waals surface area contributed by atoms with Crippen LogP contribution in [-0.4, -0.2) is 6.04 Å². The van der Waals surface area contributed by atoms with Crippen molar-refractivity contribution in [3.63, 3.8) is 0 Å². The zero-order valence-corrected chi connectivity index (χ0v) is 12.2. The molecule has 1 aliphatic rings. The Morgan fingerprint density at radius 2 is 1.80 bits per heavy atom. The Morgan fingerprint density at radius 3 is 2.65 bits per heavy atom. The van der Waals surface area contributed by atoms with E-state index < -0.39 is 0 Å². The molecule has 0 aromatic heterocycles. The smallest absolute Gasteiger partial charge is 0.0120 e. The third-order valence-corrected chi connectivity index (χ3v) is 4.40. The van der Waals surface area contributed by atoms with Crippen LogP contribution in [0.3, 0.4) is 0 Å². The second-order valence-electron chi connectivity index (χ2n) is 6.05. The van der Waals surface area contributed by atoms with Crippen LogP contribution in [0, 0.1) is 6.92 Å². The van der Waals surface area contributed by atoms with Gasteiger partial charge in [-0.15, -0.1) is 0 Å². The Morgan fingerprint density at radius 1 is 1.00 bits per heavy atom. The average molecular weight is 265 g/mol. The van der Waals surface area contributed by atoms with E-state index in [9.17, 15) is 0 Å². The lowest BCUT2D eigenvalue weighted by atomic mass is 9.95. The molecule has 0 fully saturated rings. The van der Waals surface area contributed by atoms with Crippen LogP contribution in [0.25, 0.3) is 0 Å². The Balaban J connectivity index is 1.67. The van der Waals surface area contributed by atoms with Gasteiger partial charge in [-0.25, -0.2) is 0 Å². The maximum atomic E-state index is 6.35. The van der Waals surface area contributed by atoms with Gasteiger partial charge in [0.2, 0.25) is 0 Å². The van der Waals surface area contributed by atoms with E-state index in [1.165, 1.54) is 36.0 Å². The SMILES string of the molecule is Cc1ccccc1CC(N)Cc1ccc2c(c1)CCC2. The first-order valence-corrected chi connectivity index (χ1v) is 7.63. The molecule has 0 amide bonds. The molecule has 1 unspecified atom stereocenters. The highest BCUT2D eigenvalue weighted by Crippen LogP contribution is 2.23. The number of benzene rings is 2. The van der Waals surface area contributed by atoms with Crippen molar-refractivity contribution >= 4 is 0 Å². The van der Waals surface area contributed by atoms with Gasteiger partial charge < -0.3 is 5.73 Å². The predicted octanol–water partition coefficient (Wildman–Crippen LogP) is 3.60. The molecule has 1 aliphatic carbocycles. The molecule has 0 saturated carbocycles. The van der Waals surface area contributed by atoms with E-state index in [2.05, 4.69) is 49.4 Å². The van der Waals surface area contributed by atoms with E-state index in [1.807, 2.05) is 0 Å². The maximum Gasteiger partial charge on any atom is 0.0120 e. The minimum absolute atomic E-state index is 0.204. The highest BCUT2D eigenvalue weighted by molar-refractivity contribution is 5.36. The third-order valence-electron chi connectivity index (χ3n) is 4.40. The molecule has 104 valence electrons. The highest BCUT2D eigenvalue weighted by atomic mass is 14.6. The first-order valence-electron chi connectivity index (χ1n) is 7.63. The van der Waals surface area contributed by atoms with Gasteiger partial charge in [0.15, 0.2) is 0 Å². The molecule has 0 saturated heterocycles. The van der Waals surface area contributed by atoms with Gasteiger partial charge in [0.1, 0.15) is 0 Å². The van der Waals surface area contributed by atoms with E-state index >= 15 is 0 Å². The summed E-state index contributed by atoms with van der Waals surface area (Å²) in [7, 11) is 0. The molecule has 1 heteroatoms. The van der Waals surface area contributed by atoms with Crippen LogP contribution in [0.2, 0.25) is 0 Å². The van der Waals surface area contributed by atoms with E-state index in [0.29, 0.717) is 0 Å². The molecule has 20 heavy (non-hydrogen) atoms. The summed E-state index contributed by atoms with van der Waals surface area (Å²) in [6.45, 7) is 2.16. The lowest BCUT2D eigenvalue weighted by Gasteiger charge is -2.14. The monoisotopic (exact) mass is 265 g/mol. The summed E-state index contributed by atoms with van der Waals surface area (Å²) in [5.74, 6) is 0. The van der Waals surface area contributed by atoms with Crippen LogP contribution in [-0.2, 0) is 25.7 Å². The van der Waals surface area contributed by atoms with Gasteiger partial charge in [-0.2, -0.15) is 0 Å². The predicted molar refractivity (Wildman–Crippen MR) is 85.0 cm³/mol. The Kier molecular flexibility index (Phi) is 3.88. The van der Waals surface area contributed by atoms with E-state index in [4.69, 9.17) is 5.73 Å². The molecule has 2 N–H and O–H groups in total. The Bertz CT molecular complexity index is 600. The van der Waals surface area contributed by atoms with Crippen LogP contribution < -0.4 is 5.73 Å². The standard InChI is InChI=1S/C19H23N/c1-14-5-2-3-6-17(14)13-19(20)12-15-9-10-16-7-4-8-18(16)11-15/h2-3,5-6,9-11,19H,4,7-8,12-13,20H2,1H3. The fourth-order valence-corrected chi connectivity index (χ4v) is 3.25. The van der Waals surface area contributed by atoms with E-state index in [1.54, 1.807) is 11.1 Å². The maximum absolute atomic E-state index is 6.35. The van der Waals surface area contributed by atoms with Gasteiger partial charge in [0.25, 0.3) is 0 Å². The number of nitrogens with two attached hydrogens (primary N) is 1. The lowest BCUT2D eigenvalue weighted by molar-refractivity contribution is 0.662. The first-order chi connectivity index (χ1) is 9.72. The molecule has 3 rings (SSSR count). The van der Waals surface area contributed by atoms with Crippen LogP contribution in [0.1, 0.15) is 34.2 Å². The number of hydrogen-bond acceptors (Lipinski definition) is 1. The number of rotatable bonds is 4. The van der Waals surface area contributed by atoms with Crippen LogP contribution in [0.5, 0.6) is 0 Å². The number of hydrogen-bond donors (Lipinski definition) is 1. The highest BCUT2D eigenvalue weighted by Gasteiger charge is 2.12. The normalized spacial score (nSPS) is 15.1. The summed E-state index contributed by atoms with van der Waals surface area (Å²) in [4.78, 5) is 0. The molecule has 1 atom stereocenters. The van der Waals surface area contributed by atoms with Gasteiger partial charge >= 0.3 is 0 Å². The molecular formula is C19H23N. The van der Waals surface area contributed by atoms with Crippen LogP contribution >= 0.6 is 0 Å². The molecule has 0 bridgehead atoms. The summed E-state index contributed by atoms with van der Waals surface area (Å²) < 4.78 is 0. The van der Waals surface area contributed by atoms with Gasteiger partial charge in [0.05, 0.1) is 0 Å². The fraction of sp³-hybridized carbons (Fsp3) is 0.368. The topological polar surface area (TPSA) is 26.0 Å². The van der Waals surface area contributed by atoms with Crippen LogP contribution in [0.15, 0.2) is 42.5 Å². The van der Waals surface area contributed by atoms with Crippen molar-refractivity contribution in [2.45, 2.75) is 45.1 Å². The van der Waals surface area contributed by atoms with Crippen molar-refractivity contribution in [2.24, 2.45) is 5.73 Å². The zero-order chi connectivity index (χ0) is 13.9.